The number of nitrogens with zero attached hydrogens (tertiary/aromatic N) is 7. The van der Waals surface area contributed by atoms with Crippen molar-refractivity contribution in [1.82, 2.24) is 29.7 Å². The van der Waals surface area contributed by atoms with E-state index in [4.69, 9.17) is 15.2 Å². The third kappa shape index (κ3) is 5.29. The van der Waals surface area contributed by atoms with E-state index in [1.54, 1.807) is 29.2 Å². The molecule has 0 aromatic carbocycles. The molecule has 2 N–H and O–H groups in total. The summed E-state index contributed by atoms with van der Waals surface area (Å²) in [6, 6.07) is 9.27. The molecule has 0 aliphatic carbocycles. The summed E-state index contributed by atoms with van der Waals surface area (Å²) in [7, 11) is 0. The van der Waals surface area contributed by atoms with Crippen molar-refractivity contribution >= 4 is 17.0 Å². The highest BCUT2D eigenvalue weighted by molar-refractivity contribution is 5.89. The van der Waals surface area contributed by atoms with Crippen molar-refractivity contribution in [3.05, 3.63) is 60.6 Å². The van der Waals surface area contributed by atoms with E-state index in [9.17, 15) is 18.4 Å². The van der Waals surface area contributed by atoms with Gasteiger partial charge in [-0.05, 0) is 23.8 Å². The molecule has 0 amide bonds. The van der Waals surface area contributed by atoms with E-state index in [2.05, 4.69) is 31.1 Å². The van der Waals surface area contributed by atoms with Crippen LogP contribution < -0.4 is 0 Å². The number of carboxylic acid groups (broad SMARTS) is 1. The van der Waals surface area contributed by atoms with Crippen molar-refractivity contribution in [2.24, 2.45) is 0 Å². The minimum absolute atomic E-state index is 0.222. The standard InChI is InChI=1S/C18H12N8.C2HF3O2/c19-4-1-16(12-2-5-21-14(7-12)8-20)26-10-13(9-25-26)17-15-3-6-22-18(15)24-11-23-17;3-2(4,5)1(6)7/h2-3,5-7,9-11,16H,1H2,(H,22,23,24);(H,6,7). The van der Waals surface area contributed by atoms with Crippen LogP contribution in [0.5, 0.6) is 0 Å². The number of fused-ring (bicyclic) bond motifs is 1. The largest absolute Gasteiger partial charge is 0.490 e. The van der Waals surface area contributed by atoms with Gasteiger partial charge in [0.2, 0.25) is 0 Å². The zero-order valence-corrected chi connectivity index (χ0v) is 16.5. The Labute approximate surface area is 183 Å². The minimum atomic E-state index is -5.08. The van der Waals surface area contributed by atoms with Gasteiger partial charge in [0.15, 0.2) is 0 Å². The van der Waals surface area contributed by atoms with Gasteiger partial charge in [-0.2, -0.15) is 28.8 Å². The third-order valence-electron chi connectivity index (χ3n) is 4.36. The first kappa shape index (κ1) is 22.9. The van der Waals surface area contributed by atoms with E-state index in [0.29, 0.717) is 5.69 Å². The number of rotatable bonds is 4. The van der Waals surface area contributed by atoms with Crippen LogP contribution in [0.3, 0.4) is 0 Å². The van der Waals surface area contributed by atoms with Crippen molar-refractivity contribution in [3.8, 4) is 23.4 Å². The number of alkyl halides is 3. The van der Waals surface area contributed by atoms with E-state index < -0.39 is 12.1 Å². The normalized spacial score (nSPS) is 11.7. The summed E-state index contributed by atoms with van der Waals surface area (Å²) in [5.41, 5.74) is 3.47. The summed E-state index contributed by atoms with van der Waals surface area (Å²) in [6.45, 7) is 0. The molecule has 13 heteroatoms. The number of nitrogens with one attached hydrogen (secondary N) is 1. The number of aromatic nitrogens is 6. The van der Waals surface area contributed by atoms with Gasteiger partial charge in [-0.1, -0.05) is 0 Å². The molecule has 33 heavy (non-hydrogen) atoms. The van der Waals surface area contributed by atoms with Gasteiger partial charge in [0, 0.05) is 29.5 Å². The lowest BCUT2D eigenvalue weighted by Gasteiger charge is -2.14. The van der Waals surface area contributed by atoms with Crippen LogP contribution in [0.25, 0.3) is 22.3 Å². The maximum Gasteiger partial charge on any atom is 0.490 e. The Balaban J connectivity index is 0.000000383. The lowest BCUT2D eigenvalue weighted by atomic mass is 10.0. The monoisotopic (exact) mass is 454 g/mol. The Kier molecular flexibility index (Phi) is 6.64. The first-order valence-electron chi connectivity index (χ1n) is 9.10. The molecule has 10 nitrogen and oxygen atoms in total. The molecule has 4 heterocycles. The second kappa shape index (κ2) is 9.57. The van der Waals surface area contributed by atoms with Gasteiger partial charge < -0.3 is 10.1 Å². The number of pyridine rings is 1. The topological polar surface area (TPSA) is 157 Å². The Morgan fingerprint density at radius 3 is 2.67 bits per heavy atom. The quantitative estimate of drug-likeness (QED) is 0.476. The fourth-order valence-electron chi connectivity index (χ4n) is 2.90. The van der Waals surface area contributed by atoms with Gasteiger partial charge in [-0.25, -0.2) is 19.7 Å². The second-order valence-corrected chi connectivity index (χ2v) is 6.44. The molecule has 0 saturated heterocycles. The van der Waals surface area contributed by atoms with E-state index in [1.807, 2.05) is 24.5 Å². The lowest BCUT2D eigenvalue weighted by molar-refractivity contribution is -0.192. The first-order chi connectivity index (χ1) is 15.7. The van der Waals surface area contributed by atoms with Gasteiger partial charge in [0.05, 0.1) is 30.4 Å². The van der Waals surface area contributed by atoms with Gasteiger partial charge in [0.25, 0.3) is 0 Å². The molecule has 4 aromatic heterocycles. The number of H-pyrrole nitrogens is 1. The van der Waals surface area contributed by atoms with Gasteiger partial charge >= 0.3 is 12.1 Å². The molecule has 1 unspecified atom stereocenters. The molecule has 0 fully saturated rings. The lowest BCUT2D eigenvalue weighted by Crippen LogP contribution is -2.21. The number of carboxylic acids is 1. The summed E-state index contributed by atoms with van der Waals surface area (Å²) in [6.07, 6.45) is 3.58. The zero-order valence-electron chi connectivity index (χ0n) is 16.5. The summed E-state index contributed by atoms with van der Waals surface area (Å²) < 4.78 is 33.5. The average molecular weight is 454 g/mol. The van der Waals surface area contributed by atoms with Crippen LogP contribution in [0.15, 0.2) is 49.3 Å². The predicted molar refractivity (Wildman–Crippen MR) is 106 cm³/mol. The van der Waals surface area contributed by atoms with Gasteiger partial charge in [-0.15, -0.1) is 0 Å². The van der Waals surface area contributed by atoms with Crippen LogP contribution in [0.2, 0.25) is 0 Å². The summed E-state index contributed by atoms with van der Waals surface area (Å²) in [5.74, 6) is -2.76. The Morgan fingerprint density at radius 1 is 1.24 bits per heavy atom. The highest BCUT2D eigenvalue weighted by atomic mass is 19.4. The fourth-order valence-corrected chi connectivity index (χ4v) is 2.90. The van der Waals surface area contributed by atoms with Crippen LogP contribution in [-0.2, 0) is 4.79 Å². The van der Waals surface area contributed by atoms with Gasteiger partial charge in [-0.3, -0.25) is 4.68 Å². The number of aliphatic carboxylic acids is 1. The number of nitriles is 2. The molecule has 4 aromatic rings. The molecule has 1 atom stereocenters. The van der Waals surface area contributed by atoms with Crippen LogP contribution in [0.1, 0.15) is 23.7 Å². The molecule has 0 bridgehead atoms. The molecule has 0 aliphatic rings. The van der Waals surface area contributed by atoms with Crippen LogP contribution in [-0.4, -0.2) is 47.0 Å². The van der Waals surface area contributed by atoms with Crippen LogP contribution in [0, 0.1) is 22.7 Å². The Morgan fingerprint density at radius 2 is 2.00 bits per heavy atom. The maximum absolute atomic E-state index is 10.6. The first-order valence-corrected chi connectivity index (χ1v) is 9.10. The second-order valence-electron chi connectivity index (χ2n) is 6.44. The van der Waals surface area contributed by atoms with E-state index >= 15 is 0 Å². The highest BCUT2D eigenvalue weighted by Gasteiger charge is 2.38. The summed E-state index contributed by atoms with van der Waals surface area (Å²) in [4.78, 5) is 24.5. The Hall–Kier alpha value is -4.78. The molecular weight excluding hydrogens is 441 g/mol. The number of hydrogen-bond donors (Lipinski definition) is 2. The molecular formula is C20H13F3N8O2. The molecule has 4 rings (SSSR count). The Bertz CT molecular complexity index is 1360. The maximum atomic E-state index is 10.6. The molecule has 0 spiro atoms. The SMILES string of the molecule is N#CCC(c1ccnc(C#N)c1)n1cc(-c2ncnc3[nH]ccc23)cn1.O=C(O)C(F)(F)F. The number of hydrogen-bond acceptors (Lipinski definition) is 7. The molecule has 0 aliphatic heterocycles. The molecule has 166 valence electrons. The van der Waals surface area contributed by atoms with Crippen molar-refractivity contribution in [2.45, 2.75) is 18.6 Å². The molecule has 0 radical (unpaired) electrons. The highest BCUT2D eigenvalue weighted by Crippen LogP contribution is 2.27. The molecule has 0 saturated carbocycles. The number of halogens is 3. The van der Waals surface area contributed by atoms with E-state index in [1.165, 1.54) is 6.33 Å². The van der Waals surface area contributed by atoms with Crippen molar-refractivity contribution in [2.75, 3.05) is 0 Å². The zero-order chi connectivity index (χ0) is 24.0. The van der Waals surface area contributed by atoms with Crippen molar-refractivity contribution in [3.63, 3.8) is 0 Å². The number of aromatic amines is 1. The van der Waals surface area contributed by atoms with Crippen LogP contribution in [0.4, 0.5) is 13.2 Å². The van der Waals surface area contributed by atoms with Gasteiger partial charge in [0.1, 0.15) is 23.7 Å². The summed E-state index contributed by atoms with van der Waals surface area (Å²) in [5, 5.41) is 30.7. The smallest absolute Gasteiger partial charge is 0.475 e. The third-order valence-corrected chi connectivity index (χ3v) is 4.36. The van der Waals surface area contributed by atoms with E-state index in [-0.39, 0.29) is 12.5 Å². The van der Waals surface area contributed by atoms with Crippen LogP contribution >= 0.6 is 0 Å². The van der Waals surface area contributed by atoms with Crippen molar-refractivity contribution in [1.29, 1.82) is 10.5 Å². The number of carbonyl (C=O) groups is 1. The fraction of sp³-hybridized carbons (Fsp3) is 0.150. The summed E-state index contributed by atoms with van der Waals surface area (Å²) >= 11 is 0. The van der Waals surface area contributed by atoms with Crippen molar-refractivity contribution < 1.29 is 23.1 Å². The minimum Gasteiger partial charge on any atom is -0.475 e. The predicted octanol–water partition coefficient (Wildman–Crippen LogP) is 3.22. The average Bonchev–Trinajstić information content (AvgIpc) is 3.47. The van der Waals surface area contributed by atoms with E-state index in [0.717, 1.165) is 27.9 Å².